The van der Waals surface area contributed by atoms with Crippen LogP contribution in [0, 0.1) is 5.92 Å². The molecule has 1 atom stereocenters. The standard InChI is InChI=1S/C14H29N3O/c1-12(2)10-16-5-3-13(4-6-16)17-7-8-18-14(9-15)11-17/h12-14H,3-11,15H2,1-2H3. The number of hydrogen-bond donors (Lipinski definition) is 1. The summed E-state index contributed by atoms with van der Waals surface area (Å²) in [5, 5.41) is 0. The zero-order chi connectivity index (χ0) is 13.0. The summed E-state index contributed by atoms with van der Waals surface area (Å²) in [6.45, 7) is 12.0. The molecule has 1 unspecified atom stereocenters. The van der Waals surface area contributed by atoms with Crippen LogP contribution in [0.1, 0.15) is 26.7 Å². The molecule has 0 saturated carbocycles. The van der Waals surface area contributed by atoms with Gasteiger partial charge in [0.15, 0.2) is 0 Å². The fourth-order valence-corrected chi connectivity index (χ4v) is 3.20. The molecule has 0 spiro atoms. The van der Waals surface area contributed by atoms with Gasteiger partial charge in [0.1, 0.15) is 0 Å². The van der Waals surface area contributed by atoms with Crippen LogP contribution in [-0.4, -0.2) is 67.8 Å². The predicted octanol–water partition coefficient (Wildman–Crippen LogP) is 0.766. The van der Waals surface area contributed by atoms with E-state index < -0.39 is 0 Å². The maximum Gasteiger partial charge on any atom is 0.0824 e. The number of hydrogen-bond acceptors (Lipinski definition) is 4. The molecule has 0 aromatic carbocycles. The van der Waals surface area contributed by atoms with Crippen LogP contribution in [0.25, 0.3) is 0 Å². The van der Waals surface area contributed by atoms with Gasteiger partial charge in [-0.3, -0.25) is 4.90 Å². The van der Waals surface area contributed by atoms with Crippen molar-refractivity contribution >= 4 is 0 Å². The van der Waals surface area contributed by atoms with Gasteiger partial charge in [0.25, 0.3) is 0 Å². The molecule has 2 rings (SSSR count). The van der Waals surface area contributed by atoms with Gasteiger partial charge in [-0.2, -0.15) is 0 Å². The molecule has 4 nitrogen and oxygen atoms in total. The molecule has 0 amide bonds. The molecule has 2 aliphatic rings. The number of nitrogens with two attached hydrogens (primary N) is 1. The van der Waals surface area contributed by atoms with Gasteiger partial charge in [0.2, 0.25) is 0 Å². The van der Waals surface area contributed by atoms with Gasteiger partial charge in [-0.05, 0) is 31.8 Å². The first-order valence-corrected chi connectivity index (χ1v) is 7.47. The molecule has 106 valence electrons. The number of likely N-dealkylation sites (tertiary alicyclic amines) is 1. The average Bonchev–Trinajstić information content (AvgIpc) is 2.39. The molecular weight excluding hydrogens is 226 g/mol. The Morgan fingerprint density at radius 2 is 1.94 bits per heavy atom. The molecule has 0 aliphatic carbocycles. The van der Waals surface area contributed by atoms with Crippen LogP contribution in [-0.2, 0) is 4.74 Å². The summed E-state index contributed by atoms with van der Waals surface area (Å²) >= 11 is 0. The first kappa shape index (κ1) is 14.3. The summed E-state index contributed by atoms with van der Waals surface area (Å²) < 4.78 is 5.64. The Balaban J connectivity index is 1.75. The van der Waals surface area contributed by atoms with Crippen molar-refractivity contribution < 1.29 is 4.74 Å². The summed E-state index contributed by atoms with van der Waals surface area (Å²) in [6.07, 6.45) is 2.88. The Bertz CT molecular complexity index is 239. The summed E-state index contributed by atoms with van der Waals surface area (Å²) in [5.41, 5.74) is 5.71. The van der Waals surface area contributed by atoms with E-state index in [4.69, 9.17) is 10.5 Å². The Morgan fingerprint density at radius 1 is 1.22 bits per heavy atom. The molecule has 2 fully saturated rings. The van der Waals surface area contributed by atoms with E-state index in [2.05, 4.69) is 23.6 Å². The van der Waals surface area contributed by atoms with Gasteiger partial charge in [-0.25, -0.2) is 0 Å². The molecule has 2 saturated heterocycles. The lowest BCUT2D eigenvalue weighted by molar-refractivity contribution is -0.0477. The second kappa shape index (κ2) is 6.85. The van der Waals surface area contributed by atoms with Crippen molar-refractivity contribution in [3.63, 3.8) is 0 Å². The molecular formula is C14H29N3O. The van der Waals surface area contributed by atoms with Gasteiger partial charge >= 0.3 is 0 Å². The van der Waals surface area contributed by atoms with E-state index in [1.54, 1.807) is 0 Å². The normalized spacial score (nSPS) is 29.0. The minimum Gasteiger partial charge on any atom is -0.374 e. The summed E-state index contributed by atoms with van der Waals surface area (Å²) in [4.78, 5) is 5.22. The third-order valence-corrected chi connectivity index (χ3v) is 4.13. The number of nitrogens with zero attached hydrogens (tertiary/aromatic N) is 2. The number of rotatable bonds is 4. The molecule has 4 heteroatoms. The fraction of sp³-hybridized carbons (Fsp3) is 1.00. The average molecular weight is 255 g/mol. The van der Waals surface area contributed by atoms with Crippen molar-refractivity contribution in [2.45, 2.75) is 38.8 Å². The van der Waals surface area contributed by atoms with Crippen molar-refractivity contribution in [3.05, 3.63) is 0 Å². The minimum atomic E-state index is 0.257. The molecule has 0 bridgehead atoms. The van der Waals surface area contributed by atoms with E-state index in [-0.39, 0.29) is 6.10 Å². The Morgan fingerprint density at radius 3 is 2.56 bits per heavy atom. The van der Waals surface area contributed by atoms with Crippen LogP contribution in [0.2, 0.25) is 0 Å². The molecule has 0 aromatic rings. The highest BCUT2D eigenvalue weighted by Crippen LogP contribution is 2.19. The van der Waals surface area contributed by atoms with Crippen molar-refractivity contribution in [1.82, 2.24) is 9.80 Å². The molecule has 18 heavy (non-hydrogen) atoms. The topological polar surface area (TPSA) is 41.7 Å². The third kappa shape index (κ3) is 3.92. The maximum atomic E-state index is 5.71. The fourth-order valence-electron chi connectivity index (χ4n) is 3.20. The number of morpholine rings is 1. The van der Waals surface area contributed by atoms with E-state index in [0.29, 0.717) is 6.54 Å². The molecule has 2 N–H and O–H groups in total. The zero-order valence-corrected chi connectivity index (χ0v) is 12.0. The van der Waals surface area contributed by atoms with Crippen LogP contribution in [0.4, 0.5) is 0 Å². The number of ether oxygens (including phenoxy) is 1. The SMILES string of the molecule is CC(C)CN1CCC(N2CCOC(CN)C2)CC1. The molecule has 0 aromatic heterocycles. The van der Waals surface area contributed by atoms with Crippen LogP contribution in [0.15, 0.2) is 0 Å². The summed E-state index contributed by atoms with van der Waals surface area (Å²) in [5.74, 6) is 0.784. The van der Waals surface area contributed by atoms with E-state index in [9.17, 15) is 0 Å². The predicted molar refractivity (Wildman–Crippen MR) is 74.7 cm³/mol. The quantitative estimate of drug-likeness (QED) is 0.805. The Hall–Kier alpha value is -0.160. The lowest BCUT2D eigenvalue weighted by Gasteiger charge is -2.42. The van der Waals surface area contributed by atoms with Gasteiger partial charge < -0.3 is 15.4 Å². The first-order valence-electron chi connectivity index (χ1n) is 7.47. The van der Waals surface area contributed by atoms with Gasteiger partial charge in [-0.15, -0.1) is 0 Å². The Kier molecular flexibility index (Phi) is 5.42. The summed E-state index contributed by atoms with van der Waals surface area (Å²) in [7, 11) is 0. The molecule has 2 heterocycles. The summed E-state index contributed by atoms with van der Waals surface area (Å²) in [6, 6.07) is 0.756. The van der Waals surface area contributed by atoms with Crippen LogP contribution < -0.4 is 5.73 Å². The van der Waals surface area contributed by atoms with Crippen molar-refractivity contribution in [1.29, 1.82) is 0 Å². The van der Waals surface area contributed by atoms with Gasteiger partial charge in [-0.1, -0.05) is 13.8 Å². The molecule has 2 aliphatic heterocycles. The van der Waals surface area contributed by atoms with E-state index in [0.717, 1.165) is 31.7 Å². The highest BCUT2D eigenvalue weighted by molar-refractivity contribution is 4.83. The van der Waals surface area contributed by atoms with Crippen molar-refractivity contribution in [2.24, 2.45) is 11.7 Å². The second-order valence-electron chi connectivity index (χ2n) is 6.15. The van der Waals surface area contributed by atoms with E-state index in [1.165, 1.54) is 32.5 Å². The lowest BCUT2D eigenvalue weighted by atomic mass is 10.0. The van der Waals surface area contributed by atoms with Crippen molar-refractivity contribution in [3.8, 4) is 0 Å². The monoisotopic (exact) mass is 255 g/mol. The first-order chi connectivity index (χ1) is 8.69. The van der Waals surface area contributed by atoms with E-state index >= 15 is 0 Å². The van der Waals surface area contributed by atoms with Gasteiger partial charge in [0.05, 0.1) is 12.7 Å². The van der Waals surface area contributed by atoms with Crippen LogP contribution in [0.5, 0.6) is 0 Å². The highest BCUT2D eigenvalue weighted by Gasteiger charge is 2.28. The van der Waals surface area contributed by atoms with E-state index in [1.807, 2.05) is 0 Å². The largest absolute Gasteiger partial charge is 0.374 e. The smallest absolute Gasteiger partial charge is 0.0824 e. The second-order valence-corrected chi connectivity index (χ2v) is 6.15. The number of piperidine rings is 1. The van der Waals surface area contributed by atoms with Crippen molar-refractivity contribution in [2.75, 3.05) is 45.9 Å². The maximum absolute atomic E-state index is 5.71. The molecule has 0 radical (unpaired) electrons. The lowest BCUT2D eigenvalue weighted by Crippen LogP contribution is -2.53. The van der Waals surface area contributed by atoms with Crippen LogP contribution >= 0.6 is 0 Å². The van der Waals surface area contributed by atoms with Crippen LogP contribution in [0.3, 0.4) is 0 Å². The minimum absolute atomic E-state index is 0.257. The third-order valence-electron chi connectivity index (χ3n) is 4.13. The van der Waals surface area contributed by atoms with Gasteiger partial charge in [0, 0.05) is 32.2 Å². The Labute approximate surface area is 111 Å². The highest BCUT2D eigenvalue weighted by atomic mass is 16.5. The zero-order valence-electron chi connectivity index (χ0n) is 12.0.